The fourth-order valence-corrected chi connectivity index (χ4v) is 5.82. The van der Waals surface area contributed by atoms with E-state index in [9.17, 15) is 19.5 Å². The topological polar surface area (TPSA) is 117 Å². The first-order valence-electron chi connectivity index (χ1n) is 12.0. The highest BCUT2D eigenvalue weighted by Gasteiger charge is 2.42. The number of esters is 2. The number of nitrogens with zero attached hydrogens (tertiary/aromatic N) is 1. The Bertz CT molecular complexity index is 1270. The van der Waals surface area contributed by atoms with Crippen molar-refractivity contribution in [3.63, 3.8) is 0 Å². The zero-order valence-corrected chi connectivity index (χ0v) is 21.1. The molecule has 2 aromatic rings. The van der Waals surface area contributed by atoms with Crippen molar-refractivity contribution in [1.29, 1.82) is 5.41 Å². The number of amidine groups is 1. The number of benzene rings is 1. The van der Waals surface area contributed by atoms with Crippen LogP contribution in [0.15, 0.2) is 53.4 Å². The second-order valence-corrected chi connectivity index (χ2v) is 9.44. The first-order chi connectivity index (χ1) is 17.4. The molecule has 1 aromatic heterocycles. The maximum Gasteiger partial charge on any atom is 0.345 e. The van der Waals surface area contributed by atoms with Gasteiger partial charge in [-0.25, -0.2) is 9.59 Å². The SMILES string of the molecule is CCOC(=O)C1=C(O)/C(=C\C(=O)c2ccccc2)N(c2sc3c(c2C(=O)OCC)CCCCC3)C1=N. The van der Waals surface area contributed by atoms with Crippen LogP contribution in [0.3, 0.4) is 0 Å². The Kier molecular flexibility index (Phi) is 7.69. The van der Waals surface area contributed by atoms with Gasteiger partial charge in [0.1, 0.15) is 16.4 Å². The number of hydrogen-bond acceptors (Lipinski definition) is 8. The normalized spacial score (nSPS) is 16.7. The molecule has 1 aliphatic heterocycles. The molecule has 0 saturated heterocycles. The van der Waals surface area contributed by atoms with Gasteiger partial charge in [0.25, 0.3) is 0 Å². The molecule has 0 fully saturated rings. The second-order valence-electron chi connectivity index (χ2n) is 8.35. The summed E-state index contributed by atoms with van der Waals surface area (Å²) in [6, 6.07) is 8.48. The summed E-state index contributed by atoms with van der Waals surface area (Å²) in [5, 5.41) is 20.3. The van der Waals surface area contributed by atoms with E-state index in [1.165, 1.54) is 22.3 Å². The van der Waals surface area contributed by atoms with Crippen LogP contribution in [0.2, 0.25) is 0 Å². The van der Waals surface area contributed by atoms with Gasteiger partial charge < -0.3 is 14.6 Å². The molecule has 36 heavy (non-hydrogen) atoms. The number of anilines is 1. The molecule has 0 amide bonds. The third-order valence-corrected chi connectivity index (χ3v) is 7.35. The second kappa shape index (κ2) is 10.9. The highest BCUT2D eigenvalue weighted by Crippen LogP contribution is 2.45. The molecule has 0 saturated carbocycles. The number of ketones is 1. The summed E-state index contributed by atoms with van der Waals surface area (Å²) in [5.74, 6) is -2.73. The van der Waals surface area contributed by atoms with Crippen LogP contribution in [-0.2, 0) is 27.1 Å². The Morgan fingerprint density at radius 3 is 2.39 bits per heavy atom. The van der Waals surface area contributed by atoms with Crippen LogP contribution in [-0.4, -0.2) is 41.9 Å². The van der Waals surface area contributed by atoms with E-state index in [4.69, 9.17) is 14.9 Å². The average molecular weight is 509 g/mol. The van der Waals surface area contributed by atoms with Gasteiger partial charge in [-0.05, 0) is 45.1 Å². The van der Waals surface area contributed by atoms with E-state index in [2.05, 4.69) is 0 Å². The van der Waals surface area contributed by atoms with Gasteiger partial charge >= 0.3 is 11.9 Å². The molecule has 0 radical (unpaired) electrons. The zero-order valence-electron chi connectivity index (χ0n) is 20.3. The van der Waals surface area contributed by atoms with E-state index in [1.54, 1.807) is 44.2 Å². The first-order valence-corrected chi connectivity index (χ1v) is 12.8. The van der Waals surface area contributed by atoms with E-state index in [-0.39, 0.29) is 30.3 Å². The molecule has 1 aromatic carbocycles. The lowest BCUT2D eigenvalue weighted by Crippen LogP contribution is -2.29. The number of allylic oxidation sites excluding steroid dienone is 1. The third kappa shape index (κ3) is 4.70. The number of carbonyl (C=O) groups is 3. The summed E-state index contributed by atoms with van der Waals surface area (Å²) in [6.45, 7) is 3.56. The Hall–Kier alpha value is -3.72. The molecule has 9 heteroatoms. The molecular weight excluding hydrogens is 480 g/mol. The molecule has 0 unspecified atom stereocenters. The number of aryl methyl sites for hydroxylation is 1. The van der Waals surface area contributed by atoms with Crippen molar-refractivity contribution in [2.24, 2.45) is 0 Å². The number of ether oxygens (including phenoxy) is 2. The van der Waals surface area contributed by atoms with E-state index >= 15 is 0 Å². The number of aliphatic hydroxyl groups excluding tert-OH is 1. The molecule has 188 valence electrons. The van der Waals surface area contributed by atoms with Gasteiger partial charge in [-0.3, -0.25) is 15.1 Å². The number of fused-ring (bicyclic) bond motifs is 1. The van der Waals surface area contributed by atoms with Gasteiger partial charge in [-0.2, -0.15) is 0 Å². The van der Waals surface area contributed by atoms with Gasteiger partial charge in [-0.15, -0.1) is 11.3 Å². The van der Waals surface area contributed by atoms with Crippen molar-refractivity contribution in [2.75, 3.05) is 18.1 Å². The van der Waals surface area contributed by atoms with E-state index < -0.39 is 23.5 Å². The maximum atomic E-state index is 13.2. The van der Waals surface area contributed by atoms with Crippen LogP contribution in [0.1, 0.15) is 64.3 Å². The van der Waals surface area contributed by atoms with Crippen molar-refractivity contribution in [3.8, 4) is 0 Å². The molecule has 2 N–H and O–H groups in total. The molecule has 0 atom stereocenters. The fourth-order valence-electron chi connectivity index (χ4n) is 4.43. The van der Waals surface area contributed by atoms with Gasteiger partial charge in [0.05, 0.1) is 24.5 Å². The molecular formula is C27H28N2O6S. The smallest absolute Gasteiger partial charge is 0.345 e. The third-order valence-electron chi connectivity index (χ3n) is 6.07. The van der Waals surface area contributed by atoms with Crippen LogP contribution in [0.5, 0.6) is 0 Å². The quantitative estimate of drug-likeness (QED) is 0.230. The van der Waals surface area contributed by atoms with E-state index in [1.807, 2.05) is 0 Å². The summed E-state index contributed by atoms with van der Waals surface area (Å²) in [6.07, 6.45) is 5.59. The van der Waals surface area contributed by atoms with E-state index in [0.29, 0.717) is 22.5 Å². The number of thiophene rings is 1. The standard InChI is InChI=1S/C27H28N2O6S/c1-3-34-26(32)21-17-13-9-6-10-14-20(17)36-25(21)29-18(15-19(30)16-11-7-5-8-12-16)23(31)22(24(29)28)27(33)35-4-2/h5,7-8,11-12,15,28,31H,3-4,6,9-10,13-14H2,1-2H3/b18-15+,28-24?. The molecule has 2 aliphatic rings. The Labute approximate surface area is 213 Å². The zero-order chi connectivity index (χ0) is 25.8. The van der Waals surface area contributed by atoms with Crippen molar-refractivity contribution in [1.82, 2.24) is 0 Å². The minimum absolute atomic E-state index is 0.0479. The minimum atomic E-state index is -0.878. The van der Waals surface area contributed by atoms with Gasteiger partial charge in [0, 0.05) is 16.5 Å². The van der Waals surface area contributed by atoms with Crippen LogP contribution in [0, 0.1) is 5.41 Å². The van der Waals surface area contributed by atoms with Crippen LogP contribution in [0.4, 0.5) is 5.00 Å². The molecule has 0 spiro atoms. The lowest BCUT2D eigenvalue weighted by Gasteiger charge is -2.21. The highest BCUT2D eigenvalue weighted by molar-refractivity contribution is 7.17. The summed E-state index contributed by atoms with van der Waals surface area (Å²) in [4.78, 5) is 41.2. The van der Waals surface area contributed by atoms with Crippen molar-refractivity contribution in [2.45, 2.75) is 46.0 Å². The Morgan fingerprint density at radius 2 is 1.69 bits per heavy atom. The number of nitrogens with one attached hydrogen (secondary N) is 1. The monoisotopic (exact) mass is 508 g/mol. The Morgan fingerprint density at radius 1 is 1.03 bits per heavy atom. The van der Waals surface area contributed by atoms with Crippen molar-refractivity contribution in [3.05, 3.63) is 75.0 Å². The van der Waals surface area contributed by atoms with Crippen LogP contribution >= 0.6 is 11.3 Å². The molecule has 8 nitrogen and oxygen atoms in total. The maximum absolute atomic E-state index is 13.2. The number of carbonyl (C=O) groups excluding carboxylic acids is 3. The molecule has 0 bridgehead atoms. The van der Waals surface area contributed by atoms with E-state index in [0.717, 1.165) is 36.1 Å². The number of hydrogen-bond donors (Lipinski definition) is 2. The number of rotatable bonds is 7. The molecule has 1 aliphatic carbocycles. The number of aliphatic hydroxyl groups is 1. The minimum Gasteiger partial charge on any atom is -0.505 e. The molecule has 2 heterocycles. The lowest BCUT2D eigenvalue weighted by atomic mass is 10.0. The fraction of sp³-hybridized carbons (Fsp3) is 0.333. The Balaban J connectivity index is 1.90. The van der Waals surface area contributed by atoms with Crippen LogP contribution < -0.4 is 4.90 Å². The van der Waals surface area contributed by atoms with Gasteiger partial charge in [0.15, 0.2) is 11.5 Å². The predicted octanol–water partition coefficient (Wildman–Crippen LogP) is 5.13. The average Bonchev–Trinajstić information content (AvgIpc) is 3.21. The molecule has 4 rings (SSSR count). The van der Waals surface area contributed by atoms with Gasteiger partial charge in [0.2, 0.25) is 0 Å². The summed E-state index contributed by atoms with van der Waals surface area (Å²) < 4.78 is 10.4. The summed E-state index contributed by atoms with van der Waals surface area (Å²) in [5.41, 5.74) is 1.15. The largest absolute Gasteiger partial charge is 0.505 e. The van der Waals surface area contributed by atoms with Crippen molar-refractivity contribution >= 4 is 39.9 Å². The van der Waals surface area contributed by atoms with Crippen LogP contribution in [0.25, 0.3) is 0 Å². The predicted molar refractivity (Wildman–Crippen MR) is 137 cm³/mol. The lowest BCUT2D eigenvalue weighted by molar-refractivity contribution is -0.138. The summed E-state index contributed by atoms with van der Waals surface area (Å²) >= 11 is 1.33. The summed E-state index contributed by atoms with van der Waals surface area (Å²) in [7, 11) is 0. The highest BCUT2D eigenvalue weighted by atomic mass is 32.1. The first kappa shape index (κ1) is 25.4. The van der Waals surface area contributed by atoms with Gasteiger partial charge in [-0.1, -0.05) is 36.8 Å². The van der Waals surface area contributed by atoms with Crippen molar-refractivity contribution < 1.29 is 29.0 Å².